The van der Waals surface area contributed by atoms with Gasteiger partial charge in [0.15, 0.2) is 11.6 Å². The van der Waals surface area contributed by atoms with E-state index in [0.29, 0.717) is 12.5 Å². The average Bonchev–Trinajstić information content (AvgIpc) is 3.14. The maximum Gasteiger partial charge on any atom is 0.159 e. The summed E-state index contributed by atoms with van der Waals surface area (Å²) in [4.78, 5) is 2.30. The molecule has 1 aliphatic heterocycles. The monoisotopic (exact) mass is 367 g/mol. The van der Waals surface area contributed by atoms with Gasteiger partial charge in [-0.15, -0.1) is 0 Å². The van der Waals surface area contributed by atoms with Crippen molar-refractivity contribution in [2.75, 3.05) is 13.1 Å². The minimum atomic E-state index is -0.789. The van der Waals surface area contributed by atoms with Crippen molar-refractivity contribution in [1.29, 1.82) is 0 Å². The van der Waals surface area contributed by atoms with Gasteiger partial charge in [0.25, 0.3) is 0 Å². The number of aromatic nitrogens is 2. The van der Waals surface area contributed by atoms with Gasteiger partial charge in [0, 0.05) is 24.6 Å². The van der Waals surface area contributed by atoms with Gasteiger partial charge in [-0.05, 0) is 54.8 Å². The molecule has 0 amide bonds. The summed E-state index contributed by atoms with van der Waals surface area (Å²) >= 11 is 0. The fraction of sp³-hybridized carbons (Fsp3) is 0.318. The molecule has 1 N–H and O–H groups in total. The molecular formula is C22H23F2N3. The molecule has 1 fully saturated rings. The van der Waals surface area contributed by atoms with E-state index >= 15 is 0 Å². The molecule has 1 aromatic heterocycles. The Hall–Kier alpha value is -2.53. The smallest absolute Gasteiger partial charge is 0.159 e. The van der Waals surface area contributed by atoms with E-state index in [4.69, 9.17) is 0 Å². The van der Waals surface area contributed by atoms with Crippen LogP contribution in [0.1, 0.15) is 41.1 Å². The number of H-pyrrole nitrogens is 1. The number of likely N-dealkylation sites (tertiary alicyclic amines) is 1. The van der Waals surface area contributed by atoms with Gasteiger partial charge < -0.3 is 0 Å². The fourth-order valence-electron chi connectivity index (χ4n) is 3.91. The van der Waals surface area contributed by atoms with Crippen molar-refractivity contribution in [3.8, 4) is 0 Å². The van der Waals surface area contributed by atoms with E-state index in [1.54, 1.807) is 6.07 Å². The molecule has 27 heavy (non-hydrogen) atoms. The molecule has 5 heteroatoms. The van der Waals surface area contributed by atoms with Gasteiger partial charge in [0.2, 0.25) is 0 Å². The first-order valence-electron chi connectivity index (χ1n) is 9.41. The molecule has 0 radical (unpaired) electrons. The van der Waals surface area contributed by atoms with E-state index < -0.39 is 11.6 Å². The van der Waals surface area contributed by atoms with E-state index in [2.05, 4.69) is 39.4 Å². The van der Waals surface area contributed by atoms with E-state index in [9.17, 15) is 8.78 Å². The molecule has 0 bridgehead atoms. The normalized spacial score (nSPS) is 15.9. The number of hydrogen-bond donors (Lipinski definition) is 1. The summed E-state index contributed by atoms with van der Waals surface area (Å²) in [5.74, 6) is -1.10. The zero-order valence-corrected chi connectivity index (χ0v) is 15.2. The highest BCUT2D eigenvalue weighted by Gasteiger charge is 2.24. The number of rotatable bonds is 5. The molecule has 1 saturated heterocycles. The Labute approximate surface area is 158 Å². The van der Waals surface area contributed by atoms with Gasteiger partial charge in [-0.3, -0.25) is 10.00 Å². The Balaban J connectivity index is 1.37. The Morgan fingerprint density at radius 2 is 1.74 bits per heavy atom. The van der Waals surface area contributed by atoms with Crippen molar-refractivity contribution in [2.24, 2.45) is 0 Å². The molecule has 1 aliphatic rings. The van der Waals surface area contributed by atoms with Crippen LogP contribution in [0.3, 0.4) is 0 Å². The second-order valence-electron chi connectivity index (χ2n) is 7.27. The number of piperidine rings is 1. The zero-order chi connectivity index (χ0) is 18.6. The van der Waals surface area contributed by atoms with Gasteiger partial charge in [-0.25, -0.2) is 8.78 Å². The Bertz CT molecular complexity index is 884. The van der Waals surface area contributed by atoms with Crippen LogP contribution < -0.4 is 0 Å². The van der Waals surface area contributed by atoms with Gasteiger partial charge in [0.1, 0.15) is 0 Å². The summed E-state index contributed by atoms with van der Waals surface area (Å²) in [6.07, 6.45) is 4.90. The quantitative estimate of drug-likeness (QED) is 0.711. The van der Waals surface area contributed by atoms with Crippen molar-refractivity contribution in [3.63, 3.8) is 0 Å². The van der Waals surface area contributed by atoms with Crippen molar-refractivity contribution >= 4 is 0 Å². The summed E-state index contributed by atoms with van der Waals surface area (Å²) in [5.41, 5.74) is 4.61. The number of halogens is 2. The summed E-state index contributed by atoms with van der Waals surface area (Å²) in [7, 11) is 0. The average molecular weight is 367 g/mol. The lowest BCUT2D eigenvalue weighted by Gasteiger charge is -2.32. The lowest BCUT2D eigenvalue weighted by Crippen LogP contribution is -2.32. The molecule has 3 aromatic rings. The number of hydrogen-bond acceptors (Lipinski definition) is 2. The van der Waals surface area contributed by atoms with Crippen LogP contribution in [0.5, 0.6) is 0 Å². The second kappa shape index (κ2) is 8.01. The molecular weight excluding hydrogens is 344 g/mol. The Morgan fingerprint density at radius 3 is 2.48 bits per heavy atom. The molecule has 3 nitrogen and oxygen atoms in total. The maximum atomic E-state index is 13.4. The van der Waals surface area contributed by atoms with Crippen LogP contribution in [-0.4, -0.2) is 28.2 Å². The summed E-state index contributed by atoms with van der Waals surface area (Å²) < 4.78 is 26.5. The van der Waals surface area contributed by atoms with Crippen molar-refractivity contribution in [1.82, 2.24) is 15.1 Å². The third-order valence-electron chi connectivity index (χ3n) is 5.37. The molecule has 2 heterocycles. The molecule has 0 unspecified atom stereocenters. The molecule has 140 valence electrons. The van der Waals surface area contributed by atoms with E-state index in [-0.39, 0.29) is 0 Å². The molecule has 4 rings (SSSR count). The van der Waals surface area contributed by atoms with Crippen molar-refractivity contribution < 1.29 is 8.78 Å². The standard InChI is InChI=1S/C22H23F2N3/c23-20-7-6-17(13-21(20)24)15-27-10-8-18(9-11-27)22-19(14-25-26-22)12-16-4-2-1-3-5-16/h1-7,13-14,18H,8-12,15H2,(H,25,26). The third-order valence-corrected chi connectivity index (χ3v) is 5.37. The maximum absolute atomic E-state index is 13.4. The van der Waals surface area contributed by atoms with Crippen LogP contribution in [0.25, 0.3) is 0 Å². The first-order valence-corrected chi connectivity index (χ1v) is 9.41. The summed E-state index contributed by atoms with van der Waals surface area (Å²) in [5, 5.41) is 7.50. The number of benzene rings is 2. The van der Waals surface area contributed by atoms with Crippen LogP contribution in [0.15, 0.2) is 54.7 Å². The molecule has 0 saturated carbocycles. The molecule has 0 atom stereocenters. The van der Waals surface area contributed by atoms with E-state index in [1.807, 2.05) is 12.3 Å². The third kappa shape index (κ3) is 4.25. The van der Waals surface area contributed by atoms with Crippen LogP contribution in [0, 0.1) is 11.6 Å². The summed E-state index contributed by atoms with van der Waals surface area (Å²) in [6.45, 7) is 2.53. The van der Waals surface area contributed by atoms with Gasteiger partial charge >= 0.3 is 0 Å². The van der Waals surface area contributed by atoms with E-state index in [0.717, 1.165) is 37.9 Å². The lowest BCUT2D eigenvalue weighted by molar-refractivity contribution is 0.202. The summed E-state index contributed by atoms with van der Waals surface area (Å²) in [6, 6.07) is 14.6. The second-order valence-corrected chi connectivity index (χ2v) is 7.27. The Kier molecular flexibility index (Phi) is 5.30. The van der Waals surface area contributed by atoms with Gasteiger partial charge in [-0.1, -0.05) is 36.4 Å². The fourth-order valence-corrected chi connectivity index (χ4v) is 3.91. The number of nitrogens with one attached hydrogen (secondary N) is 1. The van der Waals surface area contributed by atoms with Crippen LogP contribution >= 0.6 is 0 Å². The number of aromatic amines is 1. The predicted octanol–water partition coefficient (Wildman–Crippen LogP) is 4.66. The highest BCUT2D eigenvalue weighted by molar-refractivity contribution is 5.29. The van der Waals surface area contributed by atoms with Gasteiger partial charge in [-0.2, -0.15) is 5.10 Å². The largest absolute Gasteiger partial charge is 0.299 e. The minimum absolute atomic E-state index is 0.465. The highest BCUT2D eigenvalue weighted by Crippen LogP contribution is 2.30. The SMILES string of the molecule is Fc1ccc(CN2CCC(c3[nH]ncc3Cc3ccccc3)CC2)cc1F. The van der Waals surface area contributed by atoms with Gasteiger partial charge in [0.05, 0.1) is 6.20 Å². The number of nitrogens with zero attached hydrogens (tertiary/aromatic N) is 2. The molecule has 2 aromatic carbocycles. The minimum Gasteiger partial charge on any atom is -0.299 e. The van der Waals surface area contributed by atoms with E-state index in [1.165, 1.54) is 29.0 Å². The first kappa shape index (κ1) is 17.9. The van der Waals surface area contributed by atoms with Crippen LogP contribution in [0.2, 0.25) is 0 Å². The van der Waals surface area contributed by atoms with Crippen molar-refractivity contribution in [3.05, 3.63) is 88.7 Å². The predicted molar refractivity (Wildman–Crippen MR) is 101 cm³/mol. The van der Waals surface area contributed by atoms with Crippen LogP contribution in [0.4, 0.5) is 8.78 Å². The lowest BCUT2D eigenvalue weighted by atomic mass is 9.89. The highest BCUT2D eigenvalue weighted by atomic mass is 19.2. The Morgan fingerprint density at radius 1 is 0.963 bits per heavy atom. The topological polar surface area (TPSA) is 31.9 Å². The van der Waals surface area contributed by atoms with Crippen LogP contribution in [-0.2, 0) is 13.0 Å². The molecule has 0 aliphatic carbocycles. The first-order chi connectivity index (χ1) is 13.2. The zero-order valence-electron chi connectivity index (χ0n) is 15.2. The van der Waals surface area contributed by atoms with Crippen molar-refractivity contribution in [2.45, 2.75) is 31.7 Å². The molecule has 0 spiro atoms.